The molecule has 26 heavy (non-hydrogen) atoms. The Bertz CT molecular complexity index is 842. The van der Waals surface area contributed by atoms with Gasteiger partial charge in [-0.1, -0.05) is 11.6 Å². The number of fused-ring (bicyclic) bond motifs is 1. The third-order valence-electron chi connectivity index (χ3n) is 4.45. The highest BCUT2D eigenvalue weighted by molar-refractivity contribution is 6.31. The van der Waals surface area contributed by atoms with E-state index in [2.05, 4.69) is 15.8 Å². The van der Waals surface area contributed by atoms with E-state index in [1.54, 1.807) is 24.3 Å². The van der Waals surface area contributed by atoms with Gasteiger partial charge in [-0.2, -0.15) is 0 Å². The molecule has 0 unspecified atom stereocenters. The van der Waals surface area contributed by atoms with Crippen LogP contribution in [0.1, 0.15) is 36.2 Å². The number of nitrogens with two attached hydrogens (primary N) is 1. The standard InChI is InChI=1S/C17H19ClN4O4/c18-11-3-6-13-10(7-11)8-14(20-13)16(24)22-21-15(23)9-1-4-12(5-2-9)26-17(19)25/h3,6-9,12,20H,1-2,4-5H2,(H2,19,25)(H,21,23)(H,22,24). The molecule has 1 aliphatic rings. The van der Waals surface area contributed by atoms with Crippen molar-refractivity contribution >= 4 is 40.4 Å². The number of aromatic nitrogens is 1. The minimum atomic E-state index is -0.801. The van der Waals surface area contributed by atoms with Crippen molar-refractivity contribution in [2.45, 2.75) is 31.8 Å². The Morgan fingerprint density at radius 1 is 1.12 bits per heavy atom. The van der Waals surface area contributed by atoms with Crippen LogP contribution >= 0.6 is 11.6 Å². The van der Waals surface area contributed by atoms with Crippen molar-refractivity contribution in [2.75, 3.05) is 0 Å². The second-order valence-corrected chi connectivity index (χ2v) is 6.70. The Morgan fingerprint density at radius 2 is 1.85 bits per heavy atom. The minimum absolute atomic E-state index is 0.246. The zero-order valence-corrected chi connectivity index (χ0v) is 14.6. The SMILES string of the molecule is NC(=O)OC1CCC(C(=O)NNC(=O)c2cc3cc(Cl)ccc3[nH]2)CC1. The number of H-pyrrole nitrogens is 1. The van der Waals surface area contributed by atoms with Crippen LogP contribution in [0.15, 0.2) is 24.3 Å². The van der Waals surface area contributed by atoms with E-state index in [1.165, 1.54) is 0 Å². The van der Waals surface area contributed by atoms with E-state index in [9.17, 15) is 14.4 Å². The molecule has 1 aromatic carbocycles. The quantitative estimate of drug-likeness (QED) is 0.611. The molecule has 3 amide bonds. The number of primary amides is 1. The fourth-order valence-corrected chi connectivity index (χ4v) is 3.30. The van der Waals surface area contributed by atoms with E-state index in [0.29, 0.717) is 36.4 Å². The van der Waals surface area contributed by atoms with Crippen molar-refractivity contribution in [1.82, 2.24) is 15.8 Å². The second-order valence-electron chi connectivity index (χ2n) is 6.27. The molecule has 3 rings (SSSR count). The van der Waals surface area contributed by atoms with E-state index >= 15 is 0 Å². The fraction of sp³-hybridized carbons (Fsp3) is 0.353. The van der Waals surface area contributed by atoms with Crippen LogP contribution in [0.4, 0.5) is 4.79 Å². The molecule has 5 N–H and O–H groups in total. The first kappa shape index (κ1) is 18.1. The smallest absolute Gasteiger partial charge is 0.404 e. The molecule has 0 spiro atoms. The van der Waals surface area contributed by atoms with Crippen LogP contribution in [0.3, 0.4) is 0 Å². The van der Waals surface area contributed by atoms with Crippen LogP contribution in [0.2, 0.25) is 5.02 Å². The van der Waals surface area contributed by atoms with E-state index in [0.717, 1.165) is 10.9 Å². The molecule has 1 fully saturated rings. The van der Waals surface area contributed by atoms with Gasteiger partial charge >= 0.3 is 6.09 Å². The largest absolute Gasteiger partial charge is 0.446 e. The molecule has 0 bridgehead atoms. The van der Waals surface area contributed by atoms with Crippen molar-refractivity contribution < 1.29 is 19.1 Å². The summed E-state index contributed by atoms with van der Waals surface area (Å²) in [5.74, 6) is -0.962. The summed E-state index contributed by atoms with van der Waals surface area (Å²) in [5, 5.41) is 1.38. The van der Waals surface area contributed by atoms with Gasteiger partial charge in [-0.25, -0.2) is 4.79 Å². The van der Waals surface area contributed by atoms with Gasteiger partial charge in [0.1, 0.15) is 11.8 Å². The van der Waals surface area contributed by atoms with Gasteiger partial charge in [0.25, 0.3) is 5.91 Å². The number of hydrogen-bond donors (Lipinski definition) is 4. The van der Waals surface area contributed by atoms with E-state index in [-0.39, 0.29) is 17.9 Å². The average Bonchev–Trinajstić information content (AvgIpc) is 3.02. The molecule has 8 nitrogen and oxygen atoms in total. The first-order valence-corrected chi connectivity index (χ1v) is 8.64. The maximum absolute atomic E-state index is 12.2. The number of nitrogens with one attached hydrogen (secondary N) is 3. The Labute approximate surface area is 154 Å². The van der Waals surface area contributed by atoms with Gasteiger partial charge < -0.3 is 15.5 Å². The summed E-state index contributed by atoms with van der Waals surface area (Å²) in [6, 6.07) is 6.91. The molecular formula is C17H19ClN4O4. The molecule has 9 heteroatoms. The highest BCUT2D eigenvalue weighted by Crippen LogP contribution is 2.26. The van der Waals surface area contributed by atoms with Crippen LogP contribution in [0.25, 0.3) is 10.9 Å². The highest BCUT2D eigenvalue weighted by atomic mass is 35.5. The number of aromatic amines is 1. The minimum Gasteiger partial charge on any atom is -0.446 e. The first-order valence-electron chi connectivity index (χ1n) is 8.27. The van der Waals surface area contributed by atoms with Crippen LogP contribution in [-0.2, 0) is 9.53 Å². The van der Waals surface area contributed by atoms with Crippen molar-refractivity contribution in [3.05, 3.63) is 35.0 Å². The third kappa shape index (κ3) is 4.26. The number of carbonyl (C=O) groups is 3. The first-order chi connectivity index (χ1) is 12.4. The summed E-state index contributed by atoms with van der Waals surface area (Å²) in [7, 11) is 0. The third-order valence-corrected chi connectivity index (χ3v) is 4.69. The molecular weight excluding hydrogens is 360 g/mol. The lowest BCUT2D eigenvalue weighted by Crippen LogP contribution is -2.45. The van der Waals surface area contributed by atoms with Crippen molar-refractivity contribution in [2.24, 2.45) is 11.7 Å². The number of halogens is 1. The highest BCUT2D eigenvalue weighted by Gasteiger charge is 2.28. The number of ether oxygens (including phenoxy) is 1. The van der Waals surface area contributed by atoms with Crippen LogP contribution in [-0.4, -0.2) is 29.0 Å². The number of rotatable bonds is 3. The molecule has 2 aromatic rings. The van der Waals surface area contributed by atoms with Gasteiger partial charge in [0, 0.05) is 21.8 Å². The number of benzene rings is 1. The second kappa shape index (κ2) is 7.65. The normalized spacial score (nSPS) is 19.7. The molecule has 1 heterocycles. The summed E-state index contributed by atoms with van der Waals surface area (Å²) >= 11 is 5.93. The Hall–Kier alpha value is -2.74. The van der Waals surface area contributed by atoms with Crippen LogP contribution in [0, 0.1) is 5.92 Å². The lowest BCUT2D eigenvalue weighted by atomic mass is 9.87. The molecule has 1 aromatic heterocycles. The van der Waals surface area contributed by atoms with Gasteiger partial charge in [0.05, 0.1) is 0 Å². The summed E-state index contributed by atoms with van der Waals surface area (Å²) < 4.78 is 4.94. The molecule has 0 radical (unpaired) electrons. The zero-order valence-electron chi connectivity index (χ0n) is 13.9. The summed E-state index contributed by atoms with van der Waals surface area (Å²) in [6.45, 7) is 0. The Kier molecular flexibility index (Phi) is 5.32. The van der Waals surface area contributed by atoms with Gasteiger partial charge in [-0.3, -0.25) is 20.4 Å². The lowest BCUT2D eigenvalue weighted by Gasteiger charge is -2.26. The van der Waals surface area contributed by atoms with Crippen LogP contribution in [0.5, 0.6) is 0 Å². The van der Waals surface area contributed by atoms with Crippen molar-refractivity contribution in [1.29, 1.82) is 0 Å². The molecule has 0 saturated heterocycles. The van der Waals surface area contributed by atoms with E-state index in [4.69, 9.17) is 22.1 Å². The monoisotopic (exact) mass is 378 g/mol. The number of amides is 3. The topological polar surface area (TPSA) is 126 Å². The summed E-state index contributed by atoms with van der Waals surface area (Å²) in [6.07, 6.45) is 1.21. The Morgan fingerprint density at radius 3 is 2.54 bits per heavy atom. The summed E-state index contributed by atoms with van der Waals surface area (Å²) in [5.41, 5.74) is 10.9. The fourth-order valence-electron chi connectivity index (χ4n) is 3.12. The zero-order chi connectivity index (χ0) is 18.7. The summed E-state index contributed by atoms with van der Waals surface area (Å²) in [4.78, 5) is 38.1. The predicted octanol–water partition coefficient (Wildman–Crippen LogP) is 2.24. The Balaban J connectivity index is 1.51. The maximum atomic E-state index is 12.2. The van der Waals surface area contributed by atoms with E-state index < -0.39 is 12.0 Å². The van der Waals surface area contributed by atoms with E-state index in [1.807, 2.05) is 0 Å². The molecule has 0 atom stereocenters. The lowest BCUT2D eigenvalue weighted by molar-refractivity contribution is -0.127. The maximum Gasteiger partial charge on any atom is 0.404 e. The molecule has 1 saturated carbocycles. The van der Waals surface area contributed by atoms with Gasteiger partial charge in [0.2, 0.25) is 5.91 Å². The van der Waals surface area contributed by atoms with Gasteiger partial charge in [-0.15, -0.1) is 0 Å². The van der Waals surface area contributed by atoms with Gasteiger partial charge in [0.15, 0.2) is 0 Å². The molecule has 138 valence electrons. The average molecular weight is 379 g/mol. The number of hydrogen-bond acceptors (Lipinski definition) is 4. The van der Waals surface area contributed by atoms with Crippen molar-refractivity contribution in [3.63, 3.8) is 0 Å². The molecule has 1 aliphatic carbocycles. The predicted molar refractivity (Wildman–Crippen MR) is 95.3 cm³/mol. The van der Waals surface area contributed by atoms with Crippen molar-refractivity contribution in [3.8, 4) is 0 Å². The number of hydrazine groups is 1. The molecule has 0 aliphatic heterocycles. The number of carbonyl (C=O) groups excluding carboxylic acids is 3. The van der Waals surface area contributed by atoms with Crippen LogP contribution < -0.4 is 16.6 Å². The van der Waals surface area contributed by atoms with Gasteiger partial charge in [-0.05, 0) is 49.9 Å².